The Kier molecular flexibility index (Phi) is 5.66. The Hall–Kier alpha value is -2.59. The van der Waals surface area contributed by atoms with Crippen LogP contribution in [0.1, 0.15) is 49.4 Å². The first-order chi connectivity index (χ1) is 12.9. The predicted molar refractivity (Wildman–Crippen MR) is 116 cm³/mol. The number of hydrogen-bond acceptors (Lipinski definition) is 4. The van der Waals surface area contributed by atoms with Gasteiger partial charge < -0.3 is 5.73 Å². The monoisotopic (exact) mass is 376 g/mol. The van der Waals surface area contributed by atoms with Gasteiger partial charge in [-0.1, -0.05) is 67.7 Å². The molecule has 0 saturated carbocycles. The number of benzene rings is 2. The molecule has 2 aromatic carbocycles. The summed E-state index contributed by atoms with van der Waals surface area (Å²) in [4.78, 5) is 17.5. The number of carbonyl (C=O) groups excluding carboxylic acids is 1. The van der Waals surface area contributed by atoms with Gasteiger partial charge in [0.15, 0.2) is 0 Å². The maximum absolute atomic E-state index is 11.9. The molecule has 3 rings (SSSR count). The number of thiocarbonyl (C=S) groups is 1. The fourth-order valence-corrected chi connectivity index (χ4v) is 3.84. The van der Waals surface area contributed by atoms with Crippen molar-refractivity contribution in [3.8, 4) is 0 Å². The van der Waals surface area contributed by atoms with Crippen LogP contribution < -0.4 is 5.73 Å². The van der Waals surface area contributed by atoms with Crippen molar-refractivity contribution in [1.82, 2.24) is 0 Å². The first-order valence-corrected chi connectivity index (χ1v) is 9.60. The molecule has 138 valence electrons. The molecule has 0 unspecified atom stereocenters. The highest BCUT2D eigenvalue weighted by atomic mass is 32.1. The van der Waals surface area contributed by atoms with Crippen molar-refractivity contribution in [3.63, 3.8) is 0 Å². The number of allylic oxidation sites excluding steroid dienone is 1. The summed E-state index contributed by atoms with van der Waals surface area (Å²) in [7, 11) is 0. The second-order valence-electron chi connectivity index (χ2n) is 6.92. The summed E-state index contributed by atoms with van der Waals surface area (Å²) in [6, 6.07) is 16.1. The van der Waals surface area contributed by atoms with Crippen molar-refractivity contribution in [2.24, 2.45) is 10.7 Å². The van der Waals surface area contributed by atoms with Gasteiger partial charge in [-0.05, 0) is 31.4 Å². The van der Waals surface area contributed by atoms with Crippen molar-refractivity contribution in [2.45, 2.75) is 39.7 Å². The van der Waals surface area contributed by atoms with Gasteiger partial charge >= 0.3 is 0 Å². The molecule has 0 fully saturated rings. The molecule has 1 aliphatic heterocycles. The minimum absolute atomic E-state index is 0.0618. The van der Waals surface area contributed by atoms with Crippen LogP contribution in [0.2, 0.25) is 0 Å². The third kappa shape index (κ3) is 3.91. The molecule has 3 nitrogen and oxygen atoms in total. The molecule has 0 aliphatic carbocycles. The van der Waals surface area contributed by atoms with Gasteiger partial charge in [0.1, 0.15) is 5.78 Å². The highest BCUT2D eigenvalue weighted by Gasteiger charge is 2.28. The summed E-state index contributed by atoms with van der Waals surface area (Å²) in [6.07, 6.45) is 1.26. The maximum Gasteiger partial charge on any atom is 0.132 e. The number of hydrogen-bond donors (Lipinski definition) is 1. The molecule has 1 heterocycles. The lowest BCUT2D eigenvalue weighted by Crippen LogP contribution is -2.22. The minimum Gasteiger partial charge on any atom is -0.402 e. The average Bonchev–Trinajstić information content (AvgIpc) is 2.76. The third-order valence-corrected chi connectivity index (χ3v) is 5.27. The van der Waals surface area contributed by atoms with Gasteiger partial charge in [0.2, 0.25) is 0 Å². The molecule has 2 N–H and O–H groups in total. The van der Waals surface area contributed by atoms with E-state index in [9.17, 15) is 4.79 Å². The minimum atomic E-state index is -0.390. The SMILES string of the molecule is CCc1ccc(C2=N[C@@H](CC(C)=O)C(=S)/C(=C(/C)N)c3ccccc32)cc1. The molecule has 2 aromatic rings. The third-order valence-electron chi connectivity index (χ3n) is 4.80. The van der Waals surface area contributed by atoms with E-state index < -0.39 is 0 Å². The molecule has 27 heavy (non-hydrogen) atoms. The summed E-state index contributed by atoms with van der Waals surface area (Å²) in [5.41, 5.74) is 12.8. The zero-order valence-electron chi connectivity index (χ0n) is 16.0. The van der Waals surface area contributed by atoms with Gasteiger partial charge in [0.05, 0.1) is 11.8 Å². The lowest BCUT2D eigenvalue weighted by atomic mass is 9.90. The van der Waals surface area contributed by atoms with Crippen LogP contribution >= 0.6 is 12.2 Å². The number of fused-ring (bicyclic) bond motifs is 1. The van der Waals surface area contributed by atoms with Gasteiger partial charge in [0, 0.05) is 33.7 Å². The number of ketones is 1. The second kappa shape index (κ2) is 7.97. The number of rotatable bonds is 4. The van der Waals surface area contributed by atoms with E-state index in [1.165, 1.54) is 5.56 Å². The molecule has 0 amide bonds. The number of Topliss-reactive ketones (excluding diaryl/α,β-unsaturated/α-hetero) is 1. The molecule has 0 saturated heterocycles. The largest absolute Gasteiger partial charge is 0.402 e. The van der Waals surface area contributed by atoms with Crippen molar-refractivity contribution >= 4 is 34.2 Å². The van der Waals surface area contributed by atoms with Gasteiger partial charge in [-0.3, -0.25) is 9.79 Å². The Bertz CT molecular complexity index is 951. The van der Waals surface area contributed by atoms with E-state index in [4.69, 9.17) is 22.9 Å². The molecule has 4 heteroatoms. The number of carbonyl (C=O) groups is 1. The molecule has 1 aliphatic rings. The molecule has 1 atom stereocenters. The maximum atomic E-state index is 11.9. The fourth-order valence-electron chi connectivity index (χ4n) is 3.44. The number of aryl methyl sites for hydroxylation is 1. The van der Waals surface area contributed by atoms with Gasteiger partial charge in [-0.25, -0.2) is 0 Å². The first-order valence-electron chi connectivity index (χ1n) is 9.19. The molecular formula is C23H24N2OS. The second-order valence-corrected chi connectivity index (χ2v) is 7.36. The lowest BCUT2D eigenvalue weighted by Gasteiger charge is -2.15. The zero-order valence-corrected chi connectivity index (χ0v) is 16.8. The molecule has 0 radical (unpaired) electrons. The molecule has 0 aromatic heterocycles. The van der Waals surface area contributed by atoms with E-state index in [0.29, 0.717) is 10.6 Å². The Morgan fingerprint density at radius 1 is 1.07 bits per heavy atom. The van der Waals surface area contributed by atoms with Crippen molar-refractivity contribution in [3.05, 3.63) is 76.5 Å². The van der Waals surface area contributed by atoms with Crippen LogP contribution in [0.3, 0.4) is 0 Å². The Balaban J connectivity index is 2.26. The Labute approximate surface area is 166 Å². The fraction of sp³-hybridized carbons (Fsp3) is 0.261. The number of aliphatic imine (C=N–C) groups is 1. The quantitative estimate of drug-likeness (QED) is 0.631. The van der Waals surface area contributed by atoms with Crippen molar-refractivity contribution in [1.29, 1.82) is 0 Å². The predicted octanol–water partition coefficient (Wildman–Crippen LogP) is 4.51. The smallest absolute Gasteiger partial charge is 0.132 e. The van der Waals surface area contributed by atoms with Crippen LogP contribution in [0.25, 0.3) is 5.57 Å². The lowest BCUT2D eigenvalue weighted by molar-refractivity contribution is -0.117. The molecule has 0 bridgehead atoms. The standard InChI is InChI=1S/C23H24N2OS/c1-4-16-9-11-17(12-10-16)22-19-8-6-5-7-18(19)21(15(3)24)23(27)20(25-22)13-14(2)26/h5-12,20H,4,13,24H2,1-3H3/b21-15-/t20-/m0/s1. The van der Waals surface area contributed by atoms with Gasteiger partial charge in [-0.2, -0.15) is 0 Å². The van der Waals surface area contributed by atoms with Crippen molar-refractivity contribution < 1.29 is 4.79 Å². The van der Waals surface area contributed by atoms with E-state index >= 15 is 0 Å². The van der Waals surface area contributed by atoms with Crippen LogP contribution in [0.5, 0.6) is 0 Å². The van der Waals surface area contributed by atoms with Crippen LogP contribution in [-0.4, -0.2) is 22.4 Å². The topological polar surface area (TPSA) is 55.5 Å². The average molecular weight is 377 g/mol. The summed E-state index contributed by atoms with van der Waals surface area (Å²) in [5.74, 6) is 0.0618. The summed E-state index contributed by atoms with van der Waals surface area (Å²) in [5, 5.41) is 0. The summed E-state index contributed by atoms with van der Waals surface area (Å²) in [6.45, 7) is 5.56. The zero-order chi connectivity index (χ0) is 19.6. The van der Waals surface area contributed by atoms with Crippen LogP contribution in [0.4, 0.5) is 0 Å². The molecule has 0 spiro atoms. The molecular weight excluding hydrogens is 352 g/mol. The van der Waals surface area contributed by atoms with E-state index in [2.05, 4.69) is 31.2 Å². The summed E-state index contributed by atoms with van der Waals surface area (Å²) < 4.78 is 0. The van der Waals surface area contributed by atoms with E-state index in [-0.39, 0.29) is 18.2 Å². The summed E-state index contributed by atoms with van der Waals surface area (Å²) >= 11 is 5.75. The number of nitrogens with two attached hydrogens (primary N) is 1. The highest BCUT2D eigenvalue weighted by Crippen LogP contribution is 2.31. The van der Waals surface area contributed by atoms with E-state index in [1.54, 1.807) is 6.92 Å². The van der Waals surface area contributed by atoms with Gasteiger partial charge in [0.25, 0.3) is 0 Å². The van der Waals surface area contributed by atoms with Crippen LogP contribution in [0, 0.1) is 0 Å². The highest BCUT2D eigenvalue weighted by molar-refractivity contribution is 7.81. The van der Waals surface area contributed by atoms with Gasteiger partial charge in [-0.15, -0.1) is 0 Å². The van der Waals surface area contributed by atoms with Crippen molar-refractivity contribution in [2.75, 3.05) is 0 Å². The Morgan fingerprint density at radius 2 is 1.70 bits per heavy atom. The van der Waals surface area contributed by atoms with Crippen LogP contribution in [-0.2, 0) is 11.2 Å². The van der Waals surface area contributed by atoms with Crippen LogP contribution in [0.15, 0.2) is 59.2 Å². The Morgan fingerprint density at radius 3 is 2.26 bits per heavy atom. The van der Waals surface area contributed by atoms with E-state index in [1.807, 2.05) is 31.2 Å². The van der Waals surface area contributed by atoms with E-state index in [0.717, 1.165) is 34.4 Å². The normalized spacial score (nSPS) is 18.4. The first kappa shape index (κ1) is 19.2. The number of nitrogens with zero attached hydrogens (tertiary/aromatic N) is 1.